The van der Waals surface area contributed by atoms with Gasteiger partial charge in [-0.3, -0.25) is 9.59 Å². The molecular formula is C18H21ClN2O4. The lowest BCUT2D eigenvalue weighted by Crippen LogP contribution is -2.34. The Morgan fingerprint density at radius 1 is 1.28 bits per heavy atom. The first-order chi connectivity index (χ1) is 11.7. The fourth-order valence-electron chi connectivity index (χ4n) is 2.07. The van der Waals surface area contributed by atoms with Crippen molar-refractivity contribution < 1.29 is 18.7 Å². The second-order valence-corrected chi connectivity index (χ2v) is 6.87. The molecule has 0 radical (unpaired) electrons. The molecule has 0 spiro atoms. The van der Waals surface area contributed by atoms with Gasteiger partial charge in [0.15, 0.2) is 11.7 Å². The Morgan fingerprint density at radius 2 is 2.00 bits per heavy atom. The molecule has 1 amide bonds. The molecule has 25 heavy (non-hydrogen) atoms. The number of aromatic nitrogens is 1. The third kappa shape index (κ3) is 6.23. The van der Waals surface area contributed by atoms with Crippen LogP contribution in [0.3, 0.4) is 0 Å². The van der Waals surface area contributed by atoms with Gasteiger partial charge in [-0.05, 0) is 32.9 Å². The monoisotopic (exact) mass is 364 g/mol. The summed E-state index contributed by atoms with van der Waals surface area (Å²) in [5, 5.41) is 3.09. The standard InChI is InChI=1S/C18H21ClN2O4/c1-18(2,3)25-17(23)11-20-15(22)8-9-16-21-10-14(24-16)12-6-4-5-7-13(12)19/h4-7,10H,8-9,11H2,1-3H3,(H,20,22). The first-order valence-corrected chi connectivity index (χ1v) is 8.30. The van der Waals surface area contributed by atoms with Crippen molar-refractivity contribution in [1.29, 1.82) is 0 Å². The number of carbonyl (C=O) groups excluding carboxylic acids is 2. The van der Waals surface area contributed by atoms with Crippen molar-refractivity contribution in [3.8, 4) is 11.3 Å². The van der Waals surface area contributed by atoms with E-state index in [1.54, 1.807) is 33.0 Å². The summed E-state index contributed by atoms with van der Waals surface area (Å²) in [7, 11) is 0. The van der Waals surface area contributed by atoms with Gasteiger partial charge in [0.1, 0.15) is 12.1 Å². The van der Waals surface area contributed by atoms with Crippen LogP contribution >= 0.6 is 11.6 Å². The van der Waals surface area contributed by atoms with Gasteiger partial charge in [-0.25, -0.2) is 4.98 Å². The molecule has 2 rings (SSSR count). The Hall–Kier alpha value is -2.34. The maximum absolute atomic E-state index is 11.8. The van der Waals surface area contributed by atoms with Crippen LogP contribution in [0.4, 0.5) is 0 Å². The minimum Gasteiger partial charge on any atom is -0.459 e. The van der Waals surface area contributed by atoms with E-state index in [0.717, 1.165) is 5.56 Å². The van der Waals surface area contributed by atoms with Crippen LogP contribution in [-0.4, -0.2) is 29.0 Å². The summed E-state index contributed by atoms with van der Waals surface area (Å²) < 4.78 is 10.7. The normalized spacial score (nSPS) is 11.2. The van der Waals surface area contributed by atoms with Crippen LogP contribution in [0, 0.1) is 0 Å². The zero-order valence-electron chi connectivity index (χ0n) is 14.5. The summed E-state index contributed by atoms with van der Waals surface area (Å²) in [6.07, 6.45) is 2.06. The second kappa shape index (κ2) is 8.16. The van der Waals surface area contributed by atoms with Crippen LogP contribution in [0.1, 0.15) is 33.1 Å². The molecule has 0 bridgehead atoms. The highest BCUT2D eigenvalue weighted by molar-refractivity contribution is 6.33. The van der Waals surface area contributed by atoms with Crippen LogP contribution in [0.2, 0.25) is 5.02 Å². The Morgan fingerprint density at radius 3 is 2.68 bits per heavy atom. The van der Waals surface area contributed by atoms with Crippen molar-refractivity contribution in [2.24, 2.45) is 0 Å². The van der Waals surface area contributed by atoms with E-state index in [4.69, 9.17) is 20.8 Å². The largest absolute Gasteiger partial charge is 0.459 e. The van der Waals surface area contributed by atoms with E-state index in [1.807, 2.05) is 18.2 Å². The molecule has 134 valence electrons. The Balaban J connectivity index is 1.81. The van der Waals surface area contributed by atoms with Gasteiger partial charge in [0.2, 0.25) is 5.91 Å². The Bertz CT molecular complexity index is 750. The molecule has 0 saturated carbocycles. The maximum atomic E-state index is 11.8. The van der Waals surface area contributed by atoms with E-state index in [1.165, 1.54) is 0 Å². The quantitative estimate of drug-likeness (QED) is 0.794. The summed E-state index contributed by atoms with van der Waals surface area (Å²) >= 11 is 6.12. The van der Waals surface area contributed by atoms with Crippen LogP contribution in [0.5, 0.6) is 0 Å². The van der Waals surface area contributed by atoms with E-state index < -0.39 is 11.6 Å². The predicted octanol–water partition coefficient (Wildman–Crippen LogP) is 3.39. The summed E-state index contributed by atoms with van der Waals surface area (Å²) in [6.45, 7) is 5.15. The van der Waals surface area contributed by atoms with Gasteiger partial charge in [-0.1, -0.05) is 23.7 Å². The highest BCUT2D eigenvalue weighted by atomic mass is 35.5. The number of nitrogens with one attached hydrogen (secondary N) is 1. The average molecular weight is 365 g/mol. The third-order valence-electron chi connectivity index (χ3n) is 3.11. The number of benzene rings is 1. The molecule has 1 aromatic heterocycles. The number of nitrogens with zero attached hydrogens (tertiary/aromatic N) is 1. The lowest BCUT2D eigenvalue weighted by atomic mass is 10.2. The molecule has 1 aromatic carbocycles. The van der Waals surface area contributed by atoms with E-state index in [2.05, 4.69) is 10.3 Å². The molecule has 0 fully saturated rings. The summed E-state index contributed by atoms with van der Waals surface area (Å²) in [5.41, 5.74) is 0.173. The van der Waals surface area contributed by atoms with Gasteiger partial charge in [0.05, 0.1) is 11.2 Å². The van der Waals surface area contributed by atoms with Gasteiger partial charge >= 0.3 is 5.97 Å². The van der Waals surface area contributed by atoms with E-state index in [9.17, 15) is 9.59 Å². The Kier molecular flexibility index (Phi) is 6.20. The highest BCUT2D eigenvalue weighted by Crippen LogP contribution is 2.28. The van der Waals surface area contributed by atoms with Crippen LogP contribution in [0.15, 0.2) is 34.9 Å². The van der Waals surface area contributed by atoms with E-state index >= 15 is 0 Å². The molecule has 1 N–H and O–H groups in total. The van der Waals surface area contributed by atoms with Gasteiger partial charge in [-0.15, -0.1) is 0 Å². The number of hydrogen-bond acceptors (Lipinski definition) is 5. The van der Waals surface area contributed by atoms with Crippen molar-refractivity contribution in [1.82, 2.24) is 10.3 Å². The number of carbonyl (C=O) groups is 2. The number of rotatable bonds is 6. The Labute approximate surface area is 151 Å². The number of ether oxygens (including phenoxy) is 1. The number of esters is 1. The fraction of sp³-hybridized carbons (Fsp3) is 0.389. The molecular weight excluding hydrogens is 344 g/mol. The molecule has 1 heterocycles. The molecule has 0 aliphatic heterocycles. The molecule has 6 nitrogen and oxygen atoms in total. The van der Waals surface area contributed by atoms with Crippen molar-refractivity contribution in [3.63, 3.8) is 0 Å². The molecule has 0 unspecified atom stereocenters. The maximum Gasteiger partial charge on any atom is 0.325 e. The minimum atomic E-state index is -0.574. The highest BCUT2D eigenvalue weighted by Gasteiger charge is 2.17. The molecule has 0 atom stereocenters. The topological polar surface area (TPSA) is 81.4 Å². The summed E-state index contributed by atoms with van der Waals surface area (Å²) in [4.78, 5) is 27.5. The van der Waals surface area contributed by atoms with Gasteiger partial charge in [-0.2, -0.15) is 0 Å². The number of halogens is 1. The van der Waals surface area contributed by atoms with Crippen molar-refractivity contribution in [2.45, 2.75) is 39.2 Å². The van der Waals surface area contributed by atoms with Crippen molar-refractivity contribution in [2.75, 3.05) is 6.54 Å². The van der Waals surface area contributed by atoms with Crippen molar-refractivity contribution in [3.05, 3.63) is 41.4 Å². The van der Waals surface area contributed by atoms with Crippen molar-refractivity contribution >= 4 is 23.5 Å². The van der Waals surface area contributed by atoms with E-state index in [-0.39, 0.29) is 18.9 Å². The molecule has 0 saturated heterocycles. The zero-order chi connectivity index (χ0) is 18.4. The SMILES string of the molecule is CC(C)(C)OC(=O)CNC(=O)CCc1ncc(-c2ccccc2Cl)o1. The first-order valence-electron chi connectivity index (χ1n) is 7.93. The fourth-order valence-corrected chi connectivity index (χ4v) is 2.30. The van der Waals surface area contributed by atoms with Crippen LogP contribution in [0.25, 0.3) is 11.3 Å². The first kappa shape index (κ1) is 19.0. The summed E-state index contributed by atoms with van der Waals surface area (Å²) in [5.74, 6) is 0.235. The van der Waals surface area contributed by atoms with Gasteiger partial charge < -0.3 is 14.5 Å². The number of hydrogen-bond donors (Lipinski definition) is 1. The van der Waals surface area contributed by atoms with Crippen LogP contribution in [-0.2, 0) is 20.7 Å². The summed E-state index contributed by atoms with van der Waals surface area (Å²) in [6, 6.07) is 7.29. The number of oxazole rings is 1. The van der Waals surface area contributed by atoms with Crippen LogP contribution < -0.4 is 5.32 Å². The molecule has 7 heteroatoms. The molecule has 0 aliphatic rings. The smallest absolute Gasteiger partial charge is 0.325 e. The lowest BCUT2D eigenvalue weighted by Gasteiger charge is -2.19. The predicted molar refractivity (Wildman–Crippen MR) is 94.1 cm³/mol. The third-order valence-corrected chi connectivity index (χ3v) is 3.44. The second-order valence-electron chi connectivity index (χ2n) is 6.46. The molecule has 0 aliphatic carbocycles. The zero-order valence-corrected chi connectivity index (χ0v) is 15.2. The van der Waals surface area contributed by atoms with E-state index in [0.29, 0.717) is 23.1 Å². The lowest BCUT2D eigenvalue weighted by molar-refractivity contribution is -0.154. The average Bonchev–Trinajstić information content (AvgIpc) is 2.98. The van der Waals surface area contributed by atoms with Gasteiger partial charge in [0, 0.05) is 18.4 Å². The number of aryl methyl sites for hydroxylation is 1. The number of amides is 1. The van der Waals surface area contributed by atoms with Gasteiger partial charge in [0.25, 0.3) is 0 Å². The molecule has 2 aromatic rings. The minimum absolute atomic E-state index is 0.158.